The van der Waals surface area contributed by atoms with Gasteiger partial charge in [0.25, 0.3) is 0 Å². The molecule has 0 amide bonds. The Bertz CT molecular complexity index is 554. The van der Waals surface area contributed by atoms with E-state index in [0.717, 1.165) is 18.2 Å². The normalized spacial score (nSPS) is 12.4. The van der Waals surface area contributed by atoms with Crippen molar-refractivity contribution in [3.8, 4) is 0 Å². The highest BCUT2D eigenvalue weighted by Gasteiger charge is 2.17. The molecule has 0 bridgehead atoms. The zero-order valence-electron chi connectivity index (χ0n) is 9.75. The summed E-state index contributed by atoms with van der Waals surface area (Å²) in [4.78, 5) is 0. The lowest BCUT2D eigenvalue weighted by atomic mass is 9.98. The molecule has 1 unspecified atom stereocenters. The van der Waals surface area contributed by atoms with Gasteiger partial charge in [0.15, 0.2) is 0 Å². The van der Waals surface area contributed by atoms with E-state index in [9.17, 15) is 13.2 Å². The van der Waals surface area contributed by atoms with Gasteiger partial charge in [-0.15, -0.1) is 0 Å². The second kappa shape index (κ2) is 5.23. The van der Waals surface area contributed by atoms with E-state index in [1.165, 1.54) is 18.2 Å². The van der Waals surface area contributed by atoms with E-state index >= 15 is 0 Å². The van der Waals surface area contributed by atoms with Crippen LogP contribution in [0.3, 0.4) is 0 Å². The smallest absolute Gasteiger partial charge is 0.128 e. The highest BCUT2D eigenvalue weighted by atomic mass is 19.1. The molecular weight excluding hydrogens is 239 g/mol. The second-order valence-electron chi connectivity index (χ2n) is 3.94. The van der Waals surface area contributed by atoms with Gasteiger partial charge in [-0.2, -0.15) is 0 Å². The van der Waals surface area contributed by atoms with Crippen LogP contribution in [-0.4, -0.2) is 7.05 Å². The van der Waals surface area contributed by atoms with Crippen molar-refractivity contribution >= 4 is 0 Å². The van der Waals surface area contributed by atoms with E-state index in [0.29, 0.717) is 5.56 Å². The summed E-state index contributed by atoms with van der Waals surface area (Å²) < 4.78 is 40.0. The van der Waals surface area contributed by atoms with Crippen molar-refractivity contribution in [1.29, 1.82) is 0 Å². The van der Waals surface area contributed by atoms with Crippen LogP contribution in [0.2, 0.25) is 0 Å². The van der Waals surface area contributed by atoms with Crippen LogP contribution >= 0.6 is 0 Å². The van der Waals surface area contributed by atoms with Crippen LogP contribution in [0.5, 0.6) is 0 Å². The summed E-state index contributed by atoms with van der Waals surface area (Å²) in [6, 6.07) is 8.44. The number of hydrogen-bond acceptors (Lipinski definition) is 1. The molecule has 2 aromatic carbocycles. The third-order valence-electron chi connectivity index (χ3n) is 2.74. The first kappa shape index (κ1) is 12.6. The van der Waals surface area contributed by atoms with Gasteiger partial charge >= 0.3 is 0 Å². The van der Waals surface area contributed by atoms with Crippen molar-refractivity contribution in [1.82, 2.24) is 5.32 Å². The highest BCUT2D eigenvalue weighted by Crippen LogP contribution is 2.25. The van der Waals surface area contributed by atoms with E-state index in [1.54, 1.807) is 13.1 Å². The zero-order chi connectivity index (χ0) is 13.1. The SMILES string of the molecule is CNC(c1cccc(F)c1)c1cc(F)ccc1F. The minimum absolute atomic E-state index is 0.156. The van der Waals surface area contributed by atoms with Gasteiger partial charge in [-0.05, 0) is 42.9 Å². The van der Waals surface area contributed by atoms with Crippen LogP contribution in [0.25, 0.3) is 0 Å². The summed E-state index contributed by atoms with van der Waals surface area (Å²) >= 11 is 0. The molecule has 0 fully saturated rings. The van der Waals surface area contributed by atoms with Crippen molar-refractivity contribution in [2.75, 3.05) is 7.05 Å². The van der Waals surface area contributed by atoms with Gasteiger partial charge in [0.05, 0.1) is 6.04 Å². The van der Waals surface area contributed by atoms with Gasteiger partial charge in [0.2, 0.25) is 0 Å². The van der Waals surface area contributed by atoms with Crippen molar-refractivity contribution in [3.63, 3.8) is 0 Å². The standard InChI is InChI=1S/C14H12F3N/c1-18-14(9-3-2-4-10(15)7-9)12-8-11(16)5-6-13(12)17/h2-8,14,18H,1H3. The number of nitrogens with one attached hydrogen (secondary N) is 1. The summed E-state index contributed by atoms with van der Waals surface area (Å²) in [5.74, 6) is -1.47. The Morgan fingerprint density at radius 3 is 2.33 bits per heavy atom. The Morgan fingerprint density at radius 1 is 0.944 bits per heavy atom. The third kappa shape index (κ3) is 2.54. The number of rotatable bonds is 3. The first-order valence-electron chi connectivity index (χ1n) is 5.49. The van der Waals surface area contributed by atoms with Crippen LogP contribution in [-0.2, 0) is 0 Å². The number of halogens is 3. The van der Waals surface area contributed by atoms with Crippen molar-refractivity contribution in [2.45, 2.75) is 6.04 Å². The third-order valence-corrected chi connectivity index (χ3v) is 2.74. The van der Waals surface area contributed by atoms with E-state index in [1.807, 2.05) is 0 Å². The van der Waals surface area contributed by atoms with Gasteiger partial charge in [0, 0.05) is 5.56 Å². The van der Waals surface area contributed by atoms with Crippen molar-refractivity contribution in [2.24, 2.45) is 0 Å². The van der Waals surface area contributed by atoms with Gasteiger partial charge in [-0.3, -0.25) is 0 Å². The topological polar surface area (TPSA) is 12.0 Å². The first-order valence-corrected chi connectivity index (χ1v) is 5.49. The van der Waals surface area contributed by atoms with Crippen LogP contribution in [0.15, 0.2) is 42.5 Å². The molecule has 94 valence electrons. The van der Waals surface area contributed by atoms with E-state index < -0.39 is 23.5 Å². The summed E-state index contributed by atoms with van der Waals surface area (Å²) in [5, 5.41) is 2.86. The Hall–Kier alpha value is -1.81. The Kier molecular flexibility index (Phi) is 3.67. The van der Waals surface area contributed by atoms with Crippen LogP contribution in [0, 0.1) is 17.5 Å². The Labute approximate surface area is 103 Å². The average Bonchev–Trinajstić information content (AvgIpc) is 2.35. The van der Waals surface area contributed by atoms with Gasteiger partial charge in [-0.1, -0.05) is 12.1 Å². The molecule has 4 heteroatoms. The predicted octanol–water partition coefficient (Wildman–Crippen LogP) is 3.41. The minimum atomic E-state index is -0.587. The largest absolute Gasteiger partial charge is 0.309 e. The van der Waals surface area contributed by atoms with Crippen molar-refractivity contribution < 1.29 is 13.2 Å². The van der Waals surface area contributed by atoms with Gasteiger partial charge < -0.3 is 5.32 Å². The number of benzene rings is 2. The Morgan fingerprint density at radius 2 is 1.67 bits per heavy atom. The molecule has 0 radical (unpaired) electrons. The molecule has 0 spiro atoms. The fourth-order valence-corrected chi connectivity index (χ4v) is 1.92. The monoisotopic (exact) mass is 251 g/mol. The maximum atomic E-state index is 13.7. The van der Waals surface area contributed by atoms with Crippen LogP contribution in [0.4, 0.5) is 13.2 Å². The van der Waals surface area contributed by atoms with Crippen LogP contribution in [0.1, 0.15) is 17.2 Å². The summed E-state index contributed by atoms with van der Waals surface area (Å²) in [5.41, 5.74) is 0.699. The van der Waals surface area contributed by atoms with Gasteiger partial charge in [-0.25, -0.2) is 13.2 Å². The maximum absolute atomic E-state index is 13.7. The molecule has 0 aliphatic heterocycles. The molecule has 0 saturated heterocycles. The van der Waals surface area contributed by atoms with E-state index in [2.05, 4.69) is 5.32 Å². The Balaban J connectivity index is 2.48. The summed E-state index contributed by atoms with van der Waals surface area (Å²) in [6.07, 6.45) is 0. The molecule has 18 heavy (non-hydrogen) atoms. The lowest BCUT2D eigenvalue weighted by molar-refractivity contribution is 0.555. The molecule has 2 rings (SSSR count). The minimum Gasteiger partial charge on any atom is -0.309 e. The summed E-state index contributed by atoms with van der Waals surface area (Å²) in [6.45, 7) is 0. The molecule has 1 nitrogen and oxygen atoms in total. The molecular formula is C14H12F3N. The molecule has 0 aromatic heterocycles. The zero-order valence-corrected chi connectivity index (χ0v) is 9.75. The molecule has 0 heterocycles. The average molecular weight is 251 g/mol. The second-order valence-corrected chi connectivity index (χ2v) is 3.94. The molecule has 0 saturated carbocycles. The predicted molar refractivity (Wildman–Crippen MR) is 63.7 cm³/mol. The molecule has 0 aliphatic rings. The molecule has 1 N–H and O–H groups in total. The quantitative estimate of drug-likeness (QED) is 0.881. The fraction of sp³-hybridized carbons (Fsp3) is 0.143. The van der Waals surface area contributed by atoms with Crippen LogP contribution < -0.4 is 5.32 Å². The molecule has 1 atom stereocenters. The lowest BCUT2D eigenvalue weighted by Crippen LogP contribution is -2.19. The maximum Gasteiger partial charge on any atom is 0.128 e. The lowest BCUT2D eigenvalue weighted by Gasteiger charge is -2.18. The fourth-order valence-electron chi connectivity index (χ4n) is 1.92. The van der Waals surface area contributed by atoms with E-state index in [-0.39, 0.29) is 5.56 Å². The molecule has 0 aliphatic carbocycles. The van der Waals surface area contributed by atoms with Crippen molar-refractivity contribution in [3.05, 3.63) is 71.0 Å². The van der Waals surface area contributed by atoms with Gasteiger partial charge in [0.1, 0.15) is 17.5 Å². The first-order chi connectivity index (χ1) is 8.61. The highest BCUT2D eigenvalue weighted by molar-refractivity contribution is 5.33. The molecule has 2 aromatic rings. The summed E-state index contributed by atoms with van der Waals surface area (Å²) in [7, 11) is 1.61. The van der Waals surface area contributed by atoms with E-state index in [4.69, 9.17) is 0 Å². The number of hydrogen-bond donors (Lipinski definition) is 1.